The number of methoxy groups -OCH3 is 2. The molecule has 0 aliphatic rings. The summed E-state index contributed by atoms with van der Waals surface area (Å²) in [5.74, 6) is 3.14. The first-order valence-electron chi connectivity index (χ1n) is 12.0. The standard InChI is InChI=1S/C31H32O5/c1-33-28-11-3-23(4-12-28)19-25-7-15-30(16-8-25)35-21-27(32)22-36-31-17-9-26(10-18-31)20-24-5-13-29(34-2)14-6-24/h3-18,27,32H,19-22H2,1-2H3. The minimum atomic E-state index is -0.733. The molecule has 0 atom stereocenters. The topological polar surface area (TPSA) is 57.2 Å². The molecule has 0 aliphatic heterocycles. The number of rotatable bonds is 12. The highest BCUT2D eigenvalue weighted by Crippen LogP contribution is 2.19. The predicted octanol–water partition coefficient (Wildman–Crippen LogP) is 5.70. The zero-order valence-corrected chi connectivity index (χ0v) is 20.7. The van der Waals surface area contributed by atoms with Gasteiger partial charge in [-0.3, -0.25) is 0 Å². The quantitative estimate of drug-likeness (QED) is 0.279. The molecule has 4 rings (SSSR count). The molecular formula is C31H32O5. The summed E-state index contributed by atoms with van der Waals surface area (Å²) < 4.78 is 21.9. The van der Waals surface area contributed by atoms with E-state index in [0.29, 0.717) is 0 Å². The molecule has 0 heterocycles. The number of benzene rings is 4. The molecule has 4 aromatic carbocycles. The van der Waals surface area contributed by atoms with E-state index in [1.165, 1.54) is 22.3 Å². The van der Waals surface area contributed by atoms with Crippen LogP contribution in [0.4, 0.5) is 0 Å². The second-order valence-electron chi connectivity index (χ2n) is 8.61. The first kappa shape index (κ1) is 25.1. The number of aliphatic hydroxyl groups is 1. The maximum atomic E-state index is 10.3. The van der Waals surface area contributed by atoms with Crippen molar-refractivity contribution >= 4 is 0 Å². The maximum absolute atomic E-state index is 10.3. The summed E-state index contributed by atoms with van der Waals surface area (Å²) >= 11 is 0. The van der Waals surface area contributed by atoms with Crippen LogP contribution >= 0.6 is 0 Å². The largest absolute Gasteiger partial charge is 0.497 e. The van der Waals surface area contributed by atoms with Crippen molar-refractivity contribution in [3.8, 4) is 23.0 Å². The Kier molecular flexibility index (Phi) is 8.84. The third-order valence-corrected chi connectivity index (χ3v) is 5.87. The van der Waals surface area contributed by atoms with Crippen LogP contribution in [0.25, 0.3) is 0 Å². The third-order valence-electron chi connectivity index (χ3n) is 5.87. The highest BCUT2D eigenvalue weighted by atomic mass is 16.5. The molecule has 5 nitrogen and oxygen atoms in total. The Bertz CT molecular complexity index is 1090. The SMILES string of the molecule is COc1ccc(Cc2ccc(OCC(O)COc3ccc(Cc4ccc(OC)cc4)cc3)cc2)cc1. The zero-order chi connectivity index (χ0) is 25.2. The molecule has 186 valence electrons. The van der Waals surface area contributed by atoms with Crippen LogP contribution in [0, 0.1) is 0 Å². The van der Waals surface area contributed by atoms with Crippen molar-refractivity contribution in [2.75, 3.05) is 27.4 Å². The van der Waals surface area contributed by atoms with Gasteiger partial charge < -0.3 is 24.1 Å². The van der Waals surface area contributed by atoms with Gasteiger partial charge in [-0.2, -0.15) is 0 Å². The Hall–Kier alpha value is -3.96. The van der Waals surface area contributed by atoms with Crippen LogP contribution in [0.1, 0.15) is 22.3 Å². The summed E-state index contributed by atoms with van der Waals surface area (Å²) in [5, 5.41) is 10.3. The summed E-state index contributed by atoms with van der Waals surface area (Å²) in [5.41, 5.74) is 4.80. The van der Waals surface area contributed by atoms with Gasteiger partial charge in [0.05, 0.1) is 14.2 Å². The monoisotopic (exact) mass is 484 g/mol. The molecule has 5 heteroatoms. The molecule has 36 heavy (non-hydrogen) atoms. The van der Waals surface area contributed by atoms with Gasteiger partial charge in [0.2, 0.25) is 0 Å². The van der Waals surface area contributed by atoms with Gasteiger partial charge in [0, 0.05) is 0 Å². The van der Waals surface area contributed by atoms with E-state index in [-0.39, 0.29) is 13.2 Å². The highest BCUT2D eigenvalue weighted by Gasteiger charge is 2.08. The summed E-state index contributed by atoms with van der Waals surface area (Å²) in [4.78, 5) is 0. The normalized spacial score (nSPS) is 10.8. The molecule has 0 radical (unpaired) electrons. The van der Waals surface area contributed by atoms with Crippen LogP contribution in [-0.4, -0.2) is 38.6 Å². The second kappa shape index (κ2) is 12.7. The van der Waals surface area contributed by atoms with Crippen molar-refractivity contribution in [2.24, 2.45) is 0 Å². The Labute approximate surface area is 212 Å². The van der Waals surface area contributed by atoms with E-state index in [4.69, 9.17) is 18.9 Å². The zero-order valence-electron chi connectivity index (χ0n) is 20.7. The lowest BCUT2D eigenvalue weighted by Gasteiger charge is -2.14. The Balaban J connectivity index is 1.18. The van der Waals surface area contributed by atoms with Crippen LogP contribution in [-0.2, 0) is 12.8 Å². The van der Waals surface area contributed by atoms with Gasteiger partial charge in [0.25, 0.3) is 0 Å². The molecule has 0 spiro atoms. The van der Waals surface area contributed by atoms with Crippen LogP contribution in [0.5, 0.6) is 23.0 Å². The van der Waals surface area contributed by atoms with Gasteiger partial charge in [-0.15, -0.1) is 0 Å². The van der Waals surface area contributed by atoms with E-state index in [0.717, 1.165) is 35.8 Å². The van der Waals surface area contributed by atoms with E-state index in [1.54, 1.807) is 14.2 Å². The van der Waals surface area contributed by atoms with E-state index in [1.807, 2.05) is 72.8 Å². The lowest BCUT2D eigenvalue weighted by atomic mass is 10.0. The second-order valence-corrected chi connectivity index (χ2v) is 8.61. The molecule has 0 unspecified atom stereocenters. The van der Waals surface area contributed by atoms with Gasteiger partial charge in [0.15, 0.2) is 0 Å². The van der Waals surface area contributed by atoms with Crippen LogP contribution in [0.3, 0.4) is 0 Å². The van der Waals surface area contributed by atoms with Crippen molar-refractivity contribution in [3.05, 3.63) is 119 Å². The van der Waals surface area contributed by atoms with E-state index in [9.17, 15) is 5.11 Å². The first-order chi connectivity index (χ1) is 17.6. The van der Waals surface area contributed by atoms with Crippen molar-refractivity contribution in [1.29, 1.82) is 0 Å². The highest BCUT2D eigenvalue weighted by molar-refractivity contribution is 5.35. The Morgan fingerprint density at radius 3 is 1.03 bits per heavy atom. The van der Waals surface area contributed by atoms with Crippen molar-refractivity contribution in [2.45, 2.75) is 18.9 Å². The molecule has 1 N–H and O–H groups in total. The van der Waals surface area contributed by atoms with E-state index < -0.39 is 6.10 Å². The summed E-state index contributed by atoms with van der Waals surface area (Å²) in [6.07, 6.45) is 0.933. The van der Waals surface area contributed by atoms with Gasteiger partial charge in [-0.05, 0) is 83.6 Å². The number of aliphatic hydroxyl groups excluding tert-OH is 1. The van der Waals surface area contributed by atoms with Gasteiger partial charge >= 0.3 is 0 Å². The average Bonchev–Trinajstić information content (AvgIpc) is 2.93. The third kappa shape index (κ3) is 7.52. The maximum Gasteiger partial charge on any atom is 0.122 e. The predicted molar refractivity (Wildman–Crippen MR) is 141 cm³/mol. The average molecular weight is 485 g/mol. The fraction of sp³-hybridized carbons (Fsp3) is 0.226. The summed E-state index contributed by atoms with van der Waals surface area (Å²) in [6.45, 7) is 0.320. The fourth-order valence-corrected chi connectivity index (χ4v) is 3.80. The molecule has 0 aliphatic carbocycles. The molecule has 0 fully saturated rings. The van der Waals surface area contributed by atoms with E-state index in [2.05, 4.69) is 24.3 Å². The smallest absolute Gasteiger partial charge is 0.122 e. The molecular weight excluding hydrogens is 452 g/mol. The van der Waals surface area contributed by atoms with Gasteiger partial charge in [-0.1, -0.05) is 48.5 Å². The van der Waals surface area contributed by atoms with Crippen LogP contribution in [0.15, 0.2) is 97.1 Å². The van der Waals surface area contributed by atoms with Gasteiger partial charge in [0.1, 0.15) is 42.3 Å². The number of hydrogen-bond donors (Lipinski definition) is 1. The Morgan fingerprint density at radius 2 is 0.750 bits per heavy atom. The Morgan fingerprint density at radius 1 is 0.472 bits per heavy atom. The number of ether oxygens (including phenoxy) is 4. The van der Waals surface area contributed by atoms with Crippen molar-refractivity contribution < 1.29 is 24.1 Å². The van der Waals surface area contributed by atoms with E-state index >= 15 is 0 Å². The van der Waals surface area contributed by atoms with Gasteiger partial charge in [-0.25, -0.2) is 0 Å². The molecule has 0 saturated carbocycles. The van der Waals surface area contributed by atoms with Crippen molar-refractivity contribution in [3.63, 3.8) is 0 Å². The van der Waals surface area contributed by atoms with Crippen LogP contribution < -0.4 is 18.9 Å². The molecule has 0 amide bonds. The lowest BCUT2D eigenvalue weighted by Crippen LogP contribution is -2.25. The molecule has 4 aromatic rings. The molecule has 0 aromatic heterocycles. The fourth-order valence-electron chi connectivity index (χ4n) is 3.80. The summed E-state index contributed by atoms with van der Waals surface area (Å²) in [7, 11) is 3.33. The minimum Gasteiger partial charge on any atom is -0.497 e. The van der Waals surface area contributed by atoms with Crippen LogP contribution in [0.2, 0.25) is 0 Å². The number of hydrogen-bond acceptors (Lipinski definition) is 5. The molecule has 0 saturated heterocycles. The first-order valence-corrected chi connectivity index (χ1v) is 12.0. The summed E-state index contributed by atoms with van der Waals surface area (Å²) in [6, 6.07) is 32.0. The lowest BCUT2D eigenvalue weighted by molar-refractivity contribution is 0.0626. The molecule has 0 bridgehead atoms. The minimum absolute atomic E-state index is 0.160. The van der Waals surface area contributed by atoms with Crippen molar-refractivity contribution in [1.82, 2.24) is 0 Å².